The van der Waals surface area contributed by atoms with Gasteiger partial charge in [-0.3, -0.25) is 4.79 Å². The van der Waals surface area contributed by atoms with Crippen molar-refractivity contribution in [2.24, 2.45) is 0 Å². The fourth-order valence-electron chi connectivity index (χ4n) is 1.14. The first-order chi connectivity index (χ1) is 8.23. The van der Waals surface area contributed by atoms with E-state index >= 15 is 0 Å². The van der Waals surface area contributed by atoms with E-state index in [1.54, 1.807) is 0 Å². The Bertz CT molecular complexity index is 464. The van der Waals surface area contributed by atoms with E-state index in [-0.39, 0.29) is 11.0 Å². The van der Waals surface area contributed by atoms with Crippen molar-refractivity contribution in [3.63, 3.8) is 0 Å². The van der Waals surface area contributed by atoms with Crippen LogP contribution >= 0.6 is 15.9 Å². The molecule has 100 valence electrons. The van der Waals surface area contributed by atoms with Gasteiger partial charge in [-0.25, -0.2) is 9.37 Å². The smallest absolute Gasteiger partial charge is 0.481 e. The van der Waals surface area contributed by atoms with Crippen LogP contribution in [0.3, 0.4) is 0 Å². The van der Waals surface area contributed by atoms with Crippen molar-refractivity contribution < 1.29 is 32.2 Å². The van der Waals surface area contributed by atoms with E-state index in [4.69, 9.17) is 5.11 Å². The van der Waals surface area contributed by atoms with Crippen molar-refractivity contribution in [2.45, 2.75) is 18.1 Å². The number of aliphatic carboxylic acids is 1. The molecular formula is C9H6BrF4NO3. The molecule has 1 aromatic rings. The summed E-state index contributed by atoms with van der Waals surface area (Å²) in [6, 6.07) is 0.844. The topological polar surface area (TPSA) is 59.4 Å². The molecule has 9 heteroatoms. The van der Waals surface area contributed by atoms with E-state index in [9.17, 15) is 22.4 Å². The minimum Gasteiger partial charge on any atom is -0.481 e. The van der Waals surface area contributed by atoms with E-state index in [1.165, 1.54) is 0 Å². The summed E-state index contributed by atoms with van der Waals surface area (Å²) in [4.78, 5) is 13.9. The second kappa shape index (κ2) is 5.51. The van der Waals surface area contributed by atoms with Gasteiger partial charge in [0.25, 0.3) is 0 Å². The fraction of sp³-hybridized carbons (Fsp3) is 0.333. The van der Waals surface area contributed by atoms with E-state index in [1.807, 2.05) is 0 Å². The number of hydrogen-bond acceptors (Lipinski definition) is 3. The largest absolute Gasteiger partial charge is 0.574 e. The highest BCUT2D eigenvalue weighted by Gasteiger charge is 2.34. The van der Waals surface area contributed by atoms with E-state index in [0.717, 1.165) is 6.07 Å². The van der Waals surface area contributed by atoms with Crippen LogP contribution in [0.5, 0.6) is 5.88 Å². The molecule has 1 heterocycles. The first-order valence-corrected chi connectivity index (χ1v) is 5.57. The van der Waals surface area contributed by atoms with E-state index in [0.29, 0.717) is 0 Å². The van der Waals surface area contributed by atoms with Gasteiger partial charge in [0, 0.05) is 5.33 Å². The van der Waals surface area contributed by atoms with Gasteiger partial charge in [-0.2, -0.15) is 0 Å². The van der Waals surface area contributed by atoms with Crippen LogP contribution in [0.2, 0.25) is 0 Å². The zero-order valence-electron chi connectivity index (χ0n) is 8.59. The van der Waals surface area contributed by atoms with Crippen LogP contribution in [0.4, 0.5) is 17.6 Å². The van der Waals surface area contributed by atoms with Gasteiger partial charge in [0.15, 0.2) is 0 Å². The Kier molecular flexibility index (Phi) is 4.49. The molecule has 1 rings (SSSR count). The predicted molar refractivity (Wildman–Crippen MR) is 54.8 cm³/mol. The number of ether oxygens (including phenoxy) is 1. The third-order valence-electron chi connectivity index (χ3n) is 1.76. The summed E-state index contributed by atoms with van der Waals surface area (Å²) in [6.45, 7) is 0. The molecule has 0 atom stereocenters. The first kappa shape index (κ1) is 14.7. The molecule has 0 aliphatic rings. The van der Waals surface area contributed by atoms with Crippen LogP contribution in [-0.4, -0.2) is 22.4 Å². The van der Waals surface area contributed by atoms with Crippen LogP contribution < -0.4 is 4.74 Å². The molecule has 1 aromatic heterocycles. The number of hydrogen-bond donors (Lipinski definition) is 1. The zero-order valence-corrected chi connectivity index (χ0v) is 10.2. The van der Waals surface area contributed by atoms with Crippen LogP contribution in [0.1, 0.15) is 11.3 Å². The highest BCUT2D eigenvalue weighted by Crippen LogP contribution is 2.27. The van der Waals surface area contributed by atoms with E-state index in [2.05, 4.69) is 25.7 Å². The summed E-state index contributed by atoms with van der Waals surface area (Å²) in [6.07, 6.45) is -6.02. The van der Waals surface area contributed by atoms with Gasteiger partial charge in [-0.05, 0) is 6.07 Å². The van der Waals surface area contributed by atoms with Gasteiger partial charge in [0.2, 0.25) is 5.88 Å². The van der Waals surface area contributed by atoms with Crippen LogP contribution in [0.15, 0.2) is 6.07 Å². The molecular weight excluding hydrogens is 326 g/mol. The minimum atomic E-state index is -5.07. The first-order valence-electron chi connectivity index (χ1n) is 4.44. The van der Waals surface area contributed by atoms with Crippen molar-refractivity contribution in [3.8, 4) is 5.88 Å². The molecule has 0 aliphatic heterocycles. The van der Waals surface area contributed by atoms with Crippen molar-refractivity contribution in [3.05, 3.63) is 23.1 Å². The monoisotopic (exact) mass is 331 g/mol. The molecule has 0 amide bonds. The highest BCUT2D eigenvalue weighted by atomic mass is 79.9. The average Bonchev–Trinajstić information content (AvgIpc) is 2.20. The van der Waals surface area contributed by atoms with Crippen molar-refractivity contribution >= 4 is 21.9 Å². The minimum absolute atomic E-state index is 0.00545. The molecule has 0 saturated heterocycles. The quantitative estimate of drug-likeness (QED) is 0.680. The van der Waals surface area contributed by atoms with Crippen LogP contribution in [-0.2, 0) is 16.5 Å². The Morgan fingerprint density at radius 1 is 1.50 bits per heavy atom. The number of nitrogens with zero attached hydrogens (tertiary/aromatic N) is 1. The SMILES string of the molecule is O=C(O)Cc1c(F)cc(CBr)nc1OC(F)(F)F. The highest BCUT2D eigenvalue weighted by molar-refractivity contribution is 9.08. The molecule has 0 bridgehead atoms. The van der Waals surface area contributed by atoms with Gasteiger partial charge < -0.3 is 9.84 Å². The molecule has 1 N–H and O–H groups in total. The van der Waals surface area contributed by atoms with Gasteiger partial charge in [0.1, 0.15) is 5.82 Å². The van der Waals surface area contributed by atoms with Gasteiger partial charge in [0.05, 0.1) is 17.7 Å². The lowest BCUT2D eigenvalue weighted by atomic mass is 10.1. The normalized spacial score (nSPS) is 11.4. The van der Waals surface area contributed by atoms with Gasteiger partial charge in [-0.1, -0.05) is 15.9 Å². The maximum atomic E-state index is 13.5. The Balaban J connectivity index is 3.24. The summed E-state index contributed by atoms with van der Waals surface area (Å²) in [7, 11) is 0. The van der Waals surface area contributed by atoms with Crippen molar-refractivity contribution in [1.82, 2.24) is 4.98 Å². The zero-order chi connectivity index (χ0) is 13.9. The molecule has 0 aliphatic carbocycles. The van der Waals surface area contributed by atoms with Crippen LogP contribution in [0.25, 0.3) is 0 Å². The second-order valence-corrected chi connectivity index (χ2v) is 3.69. The Labute approximate surface area is 107 Å². The van der Waals surface area contributed by atoms with E-state index < -0.39 is 36.0 Å². The number of pyridine rings is 1. The summed E-state index contributed by atoms with van der Waals surface area (Å²) >= 11 is 2.90. The lowest BCUT2D eigenvalue weighted by molar-refractivity contribution is -0.276. The molecule has 0 unspecified atom stereocenters. The van der Waals surface area contributed by atoms with Gasteiger partial charge >= 0.3 is 12.3 Å². The number of carbonyl (C=O) groups is 1. The number of aromatic nitrogens is 1. The van der Waals surface area contributed by atoms with Gasteiger partial charge in [-0.15, -0.1) is 13.2 Å². The molecule has 0 spiro atoms. The molecule has 0 saturated carbocycles. The summed E-state index contributed by atoms with van der Waals surface area (Å²) in [5.41, 5.74) is -0.787. The molecule has 0 radical (unpaired) electrons. The Hall–Kier alpha value is -1.38. The Morgan fingerprint density at radius 3 is 2.56 bits per heavy atom. The van der Waals surface area contributed by atoms with Crippen molar-refractivity contribution in [2.75, 3.05) is 0 Å². The third-order valence-corrected chi connectivity index (χ3v) is 2.34. The average molecular weight is 332 g/mol. The molecule has 4 nitrogen and oxygen atoms in total. The second-order valence-electron chi connectivity index (χ2n) is 3.13. The van der Waals surface area contributed by atoms with Crippen LogP contribution in [0, 0.1) is 5.82 Å². The lowest BCUT2D eigenvalue weighted by Crippen LogP contribution is -2.20. The number of alkyl halides is 4. The standard InChI is InChI=1S/C9H6BrF4NO3/c10-3-4-1-6(11)5(2-7(16)17)8(15-4)18-9(12,13)14/h1H,2-3H2,(H,16,17). The molecule has 0 aromatic carbocycles. The fourth-order valence-corrected chi connectivity index (χ4v) is 1.43. The molecule has 0 fully saturated rings. The predicted octanol–water partition coefficient (Wildman–Crippen LogP) is 2.64. The Morgan fingerprint density at radius 2 is 2.11 bits per heavy atom. The third kappa shape index (κ3) is 4.13. The number of carboxylic acid groups (broad SMARTS) is 1. The number of rotatable bonds is 4. The number of carboxylic acids is 1. The van der Waals surface area contributed by atoms with Crippen molar-refractivity contribution in [1.29, 1.82) is 0 Å². The maximum Gasteiger partial charge on any atom is 0.574 e. The summed E-state index contributed by atoms with van der Waals surface area (Å²) in [5.74, 6) is -3.69. The molecule has 18 heavy (non-hydrogen) atoms. The summed E-state index contributed by atoms with van der Waals surface area (Å²) < 4.78 is 53.2. The summed E-state index contributed by atoms with van der Waals surface area (Å²) in [5, 5.41) is 8.51. The number of halogens is 5. The maximum absolute atomic E-state index is 13.5. The lowest BCUT2D eigenvalue weighted by Gasteiger charge is -2.13.